The van der Waals surface area contributed by atoms with E-state index in [0.29, 0.717) is 6.04 Å². The first kappa shape index (κ1) is 14.0. The predicted molar refractivity (Wildman–Crippen MR) is 87.4 cm³/mol. The van der Waals surface area contributed by atoms with Gasteiger partial charge in [0.05, 0.1) is 11.7 Å². The molecule has 0 amide bonds. The first-order valence-corrected chi connectivity index (χ1v) is 8.56. The standard InChI is InChI=1S/C17H24N4O/c1-10(2)21-16-14(15(20-21)13-8-5-9-18-13)11-6-3-4-7-12(11)17(22)19-16/h10,13,18H,3-9H2,1-2H3,(H,19,22). The van der Waals surface area contributed by atoms with E-state index >= 15 is 0 Å². The van der Waals surface area contributed by atoms with Crippen LogP contribution in [0.2, 0.25) is 0 Å². The quantitative estimate of drug-likeness (QED) is 0.896. The summed E-state index contributed by atoms with van der Waals surface area (Å²) in [5, 5.41) is 9.70. The van der Waals surface area contributed by atoms with Gasteiger partial charge in [-0.05, 0) is 64.5 Å². The molecule has 1 unspecified atom stereocenters. The van der Waals surface area contributed by atoms with Crippen LogP contribution in [0.4, 0.5) is 0 Å². The number of hydrogen-bond donors (Lipinski definition) is 2. The lowest BCUT2D eigenvalue weighted by Gasteiger charge is -2.17. The highest BCUT2D eigenvalue weighted by Gasteiger charge is 2.28. The summed E-state index contributed by atoms with van der Waals surface area (Å²) in [6.45, 7) is 5.30. The molecule has 5 nitrogen and oxygen atoms in total. The van der Waals surface area contributed by atoms with Crippen molar-refractivity contribution >= 4 is 11.0 Å². The Morgan fingerprint density at radius 3 is 2.64 bits per heavy atom. The van der Waals surface area contributed by atoms with Gasteiger partial charge in [-0.25, -0.2) is 4.68 Å². The van der Waals surface area contributed by atoms with Gasteiger partial charge in [-0.15, -0.1) is 0 Å². The third-order valence-corrected chi connectivity index (χ3v) is 5.09. The lowest BCUT2D eigenvalue weighted by molar-refractivity contribution is 0.522. The zero-order valence-electron chi connectivity index (χ0n) is 13.4. The normalized spacial score (nSPS) is 21.7. The molecule has 2 N–H and O–H groups in total. The summed E-state index contributed by atoms with van der Waals surface area (Å²) in [6, 6.07) is 0.578. The van der Waals surface area contributed by atoms with E-state index in [1.54, 1.807) is 0 Å². The monoisotopic (exact) mass is 300 g/mol. The number of hydrogen-bond acceptors (Lipinski definition) is 3. The van der Waals surface area contributed by atoms with Crippen molar-refractivity contribution in [2.45, 2.75) is 64.5 Å². The number of H-pyrrole nitrogens is 1. The molecule has 118 valence electrons. The molecule has 2 aliphatic rings. The van der Waals surface area contributed by atoms with E-state index in [0.717, 1.165) is 49.1 Å². The summed E-state index contributed by atoms with van der Waals surface area (Å²) in [5.74, 6) is 0. The average Bonchev–Trinajstić information content (AvgIpc) is 3.14. The van der Waals surface area contributed by atoms with Gasteiger partial charge in [0.15, 0.2) is 0 Å². The highest BCUT2D eigenvalue weighted by atomic mass is 16.1. The number of aryl methyl sites for hydroxylation is 1. The summed E-state index contributed by atoms with van der Waals surface area (Å²) >= 11 is 0. The fraction of sp³-hybridized carbons (Fsp3) is 0.647. The lowest BCUT2D eigenvalue weighted by atomic mass is 9.89. The molecule has 0 spiro atoms. The molecule has 1 aliphatic heterocycles. The van der Waals surface area contributed by atoms with Crippen LogP contribution in [0, 0.1) is 0 Å². The minimum atomic E-state index is 0.0925. The van der Waals surface area contributed by atoms with E-state index in [4.69, 9.17) is 5.10 Å². The Kier molecular flexibility index (Phi) is 3.33. The summed E-state index contributed by atoms with van der Waals surface area (Å²) in [7, 11) is 0. The first-order chi connectivity index (χ1) is 10.7. The van der Waals surface area contributed by atoms with Crippen LogP contribution in [0.3, 0.4) is 0 Å². The van der Waals surface area contributed by atoms with Gasteiger partial charge in [0, 0.05) is 17.0 Å². The van der Waals surface area contributed by atoms with Crippen LogP contribution in [0.25, 0.3) is 11.0 Å². The number of rotatable bonds is 2. The number of fused-ring (bicyclic) bond motifs is 3. The van der Waals surface area contributed by atoms with Gasteiger partial charge < -0.3 is 10.3 Å². The van der Waals surface area contributed by atoms with Crippen molar-refractivity contribution in [2.24, 2.45) is 0 Å². The lowest BCUT2D eigenvalue weighted by Crippen LogP contribution is -2.21. The Hall–Kier alpha value is -1.62. The summed E-state index contributed by atoms with van der Waals surface area (Å²) in [6.07, 6.45) is 6.56. The smallest absolute Gasteiger partial charge is 0.253 e. The Morgan fingerprint density at radius 2 is 1.95 bits per heavy atom. The largest absolute Gasteiger partial charge is 0.309 e. The van der Waals surface area contributed by atoms with E-state index in [1.807, 2.05) is 4.68 Å². The summed E-state index contributed by atoms with van der Waals surface area (Å²) in [4.78, 5) is 15.6. The second-order valence-corrected chi connectivity index (χ2v) is 6.91. The molecule has 3 heterocycles. The zero-order valence-corrected chi connectivity index (χ0v) is 13.4. The fourth-order valence-corrected chi connectivity index (χ4v) is 4.02. The van der Waals surface area contributed by atoms with Gasteiger partial charge in [-0.2, -0.15) is 5.10 Å². The first-order valence-electron chi connectivity index (χ1n) is 8.56. The van der Waals surface area contributed by atoms with Crippen molar-refractivity contribution in [1.82, 2.24) is 20.1 Å². The molecule has 2 aromatic rings. The minimum Gasteiger partial charge on any atom is -0.309 e. The topological polar surface area (TPSA) is 62.7 Å². The van der Waals surface area contributed by atoms with Gasteiger partial charge in [0.2, 0.25) is 0 Å². The van der Waals surface area contributed by atoms with Gasteiger partial charge in [-0.1, -0.05) is 0 Å². The van der Waals surface area contributed by atoms with E-state index in [-0.39, 0.29) is 11.6 Å². The third-order valence-electron chi connectivity index (χ3n) is 5.09. The molecule has 0 aromatic carbocycles. The maximum atomic E-state index is 12.5. The van der Waals surface area contributed by atoms with Gasteiger partial charge >= 0.3 is 0 Å². The molecule has 0 bridgehead atoms. The average molecular weight is 300 g/mol. The number of aromatic nitrogens is 3. The van der Waals surface area contributed by atoms with Crippen molar-refractivity contribution in [3.63, 3.8) is 0 Å². The number of aromatic amines is 1. The molecule has 0 radical (unpaired) electrons. The van der Waals surface area contributed by atoms with Crippen LogP contribution in [0.1, 0.15) is 68.4 Å². The van der Waals surface area contributed by atoms with Crippen LogP contribution in [-0.2, 0) is 12.8 Å². The van der Waals surface area contributed by atoms with Crippen molar-refractivity contribution in [2.75, 3.05) is 6.54 Å². The minimum absolute atomic E-state index is 0.0925. The van der Waals surface area contributed by atoms with Crippen LogP contribution in [0.15, 0.2) is 4.79 Å². The molecule has 1 saturated heterocycles. The molecular formula is C17H24N4O. The molecule has 22 heavy (non-hydrogen) atoms. The van der Waals surface area contributed by atoms with Gasteiger partial charge in [0.1, 0.15) is 5.65 Å². The molecule has 4 rings (SSSR count). The highest BCUT2D eigenvalue weighted by Crippen LogP contribution is 2.34. The molecule has 1 aliphatic carbocycles. The van der Waals surface area contributed by atoms with Crippen molar-refractivity contribution < 1.29 is 0 Å². The molecule has 1 atom stereocenters. The number of nitrogens with one attached hydrogen (secondary N) is 2. The Labute approximate surface area is 130 Å². The molecule has 5 heteroatoms. The number of pyridine rings is 1. The van der Waals surface area contributed by atoms with Crippen molar-refractivity contribution in [3.8, 4) is 0 Å². The summed E-state index contributed by atoms with van der Waals surface area (Å²) in [5.41, 5.74) is 4.43. The van der Waals surface area contributed by atoms with Crippen LogP contribution in [-0.4, -0.2) is 21.3 Å². The van der Waals surface area contributed by atoms with Crippen LogP contribution < -0.4 is 10.9 Å². The molecular weight excluding hydrogens is 276 g/mol. The molecule has 0 saturated carbocycles. The van der Waals surface area contributed by atoms with Crippen molar-refractivity contribution in [1.29, 1.82) is 0 Å². The number of nitrogens with zero attached hydrogens (tertiary/aromatic N) is 2. The second-order valence-electron chi connectivity index (χ2n) is 6.91. The van der Waals surface area contributed by atoms with Crippen LogP contribution >= 0.6 is 0 Å². The van der Waals surface area contributed by atoms with E-state index in [9.17, 15) is 4.79 Å². The molecule has 1 fully saturated rings. The summed E-state index contributed by atoms with van der Waals surface area (Å²) < 4.78 is 2.00. The maximum Gasteiger partial charge on any atom is 0.253 e. The second kappa shape index (κ2) is 5.23. The Bertz CT molecular complexity index is 765. The highest BCUT2D eigenvalue weighted by molar-refractivity contribution is 5.84. The van der Waals surface area contributed by atoms with Gasteiger partial charge in [-0.3, -0.25) is 4.79 Å². The van der Waals surface area contributed by atoms with E-state index in [1.165, 1.54) is 23.8 Å². The zero-order chi connectivity index (χ0) is 15.3. The molecule has 2 aromatic heterocycles. The third kappa shape index (κ3) is 2.02. The van der Waals surface area contributed by atoms with Crippen LogP contribution in [0.5, 0.6) is 0 Å². The Morgan fingerprint density at radius 1 is 1.18 bits per heavy atom. The fourth-order valence-electron chi connectivity index (χ4n) is 4.02. The van der Waals surface area contributed by atoms with E-state index in [2.05, 4.69) is 24.1 Å². The van der Waals surface area contributed by atoms with Crippen molar-refractivity contribution in [3.05, 3.63) is 27.2 Å². The predicted octanol–water partition coefficient (Wildman–Crippen LogP) is 2.61. The van der Waals surface area contributed by atoms with Gasteiger partial charge in [0.25, 0.3) is 5.56 Å². The SMILES string of the molecule is CC(C)n1nc(C2CCCN2)c2c3c(c(=O)[nH]c21)CCCC3. The maximum absolute atomic E-state index is 12.5. The Balaban J connectivity index is 2.04. The van der Waals surface area contributed by atoms with E-state index < -0.39 is 0 Å².